The highest BCUT2D eigenvalue weighted by Gasteiger charge is 2.20. The van der Waals surface area contributed by atoms with Crippen LogP contribution in [0.3, 0.4) is 0 Å². The van der Waals surface area contributed by atoms with Crippen molar-refractivity contribution in [2.45, 2.75) is 40.7 Å². The van der Waals surface area contributed by atoms with Crippen LogP contribution in [0.25, 0.3) is 16.9 Å². The molecule has 4 aromatic rings. The van der Waals surface area contributed by atoms with Crippen molar-refractivity contribution in [3.63, 3.8) is 0 Å². The molecular formula is C23H26N6O2. The van der Waals surface area contributed by atoms with E-state index in [1.165, 1.54) is 10.1 Å². The van der Waals surface area contributed by atoms with Crippen LogP contribution in [-0.4, -0.2) is 30.3 Å². The molecule has 0 spiro atoms. The van der Waals surface area contributed by atoms with E-state index < -0.39 is 0 Å². The van der Waals surface area contributed by atoms with Gasteiger partial charge in [-0.15, -0.1) is 5.10 Å². The fraction of sp³-hybridized carbons (Fsp3) is 0.304. The monoisotopic (exact) mass is 418 g/mol. The van der Waals surface area contributed by atoms with Crippen LogP contribution in [0, 0.1) is 27.7 Å². The molecule has 4 rings (SSSR count). The standard InChI is InChI=1S/C23H26N6O2/c1-12-7-8-17(9-13(12)2)21-25-23(31)19-10-18(11-29(19)27-21)22(30)24-14(3)20-15(4)26-28(6)16(20)5/h7-11,14H,1-6H3,(H,24,30)(H,25,27,31). The Morgan fingerprint density at radius 2 is 1.84 bits per heavy atom. The summed E-state index contributed by atoms with van der Waals surface area (Å²) in [6, 6.07) is 7.23. The number of hydrogen-bond donors (Lipinski definition) is 2. The summed E-state index contributed by atoms with van der Waals surface area (Å²) in [6.07, 6.45) is 1.58. The summed E-state index contributed by atoms with van der Waals surface area (Å²) in [7, 11) is 1.88. The van der Waals surface area contributed by atoms with Crippen LogP contribution in [0.1, 0.15) is 51.4 Å². The van der Waals surface area contributed by atoms with E-state index in [0.717, 1.165) is 28.1 Å². The predicted octanol–water partition coefficient (Wildman–Crippen LogP) is 3.15. The number of amides is 1. The molecule has 8 heteroatoms. The first kappa shape index (κ1) is 20.6. The lowest BCUT2D eigenvalue weighted by atomic mass is 10.1. The molecule has 0 aliphatic carbocycles. The van der Waals surface area contributed by atoms with Gasteiger partial charge in [-0.25, -0.2) is 4.52 Å². The smallest absolute Gasteiger partial charge is 0.275 e. The molecule has 3 aromatic heterocycles. The van der Waals surface area contributed by atoms with Gasteiger partial charge in [0.1, 0.15) is 5.52 Å². The zero-order valence-electron chi connectivity index (χ0n) is 18.6. The maximum absolute atomic E-state index is 12.9. The van der Waals surface area contributed by atoms with Gasteiger partial charge in [0.2, 0.25) is 0 Å². The molecule has 0 aliphatic heterocycles. The minimum atomic E-state index is -0.297. The number of nitrogens with one attached hydrogen (secondary N) is 2. The van der Waals surface area contributed by atoms with Gasteiger partial charge in [0.25, 0.3) is 11.5 Å². The Bertz CT molecular complexity index is 1370. The molecule has 2 N–H and O–H groups in total. The van der Waals surface area contributed by atoms with Crippen molar-refractivity contribution in [3.8, 4) is 11.4 Å². The van der Waals surface area contributed by atoms with E-state index in [4.69, 9.17) is 0 Å². The SMILES string of the molecule is Cc1ccc(-c2nn3cc(C(=O)NC(C)c4c(C)nn(C)c4C)cc3c(=O)[nH]2)cc1C. The van der Waals surface area contributed by atoms with Crippen LogP contribution in [0.4, 0.5) is 0 Å². The normalized spacial score (nSPS) is 12.3. The number of carbonyl (C=O) groups is 1. The number of H-pyrrole nitrogens is 1. The molecular weight excluding hydrogens is 392 g/mol. The summed E-state index contributed by atoms with van der Waals surface area (Å²) in [5, 5.41) is 11.9. The maximum atomic E-state index is 12.9. The van der Waals surface area contributed by atoms with Gasteiger partial charge in [0, 0.05) is 30.1 Å². The number of benzene rings is 1. The van der Waals surface area contributed by atoms with Crippen LogP contribution in [0.15, 0.2) is 35.3 Å². The summed E-state index contributed by atoms with van der Waals surface area (Å²) in [5.41, 5.74) is 6.37. The second-order valence-electron chi connectivity index (χ2n) is 8.06. The van der Waals surface area contributed by atoms with Gasteiger partial charge in [-0.1, -0.05) is 12.1 Å². The molecule has 1 atom stereocenters. The molecule has 0 saturated heterocycles. The number of nitrogens with zero attached hydrogens (tertiary/aromatic N) is 4. The van der Waals surface area contributed by atoms with Crippen LogP contribution in [0.2, 0.25) is 0 Å². The molecule has 8 nitrogen and oxygen atoms in total. The number of fused-ring (bicyclic) bond motifs is 1. The number of rotatable bonds is 4. The predicted molar refractivity (Wildman–Crippen MR) is 119 cm³/mol. The Hall–Kier alpha value is -3.68. The summed E-state index contributed by atoms with van der Waals surface area (Å²) in [4.78, 5) is 28.3. The second kappa shape index (κ2) is 7.54. The Labute approximate surface area is 179 Å². The van der Waals surface area contributed by atoms with Gasteiger partial charge < -0.3 is 10.3 Å². The van der Waals surface area contributed by atoms with Gasteiger partial charge in [-0.2, -0.15) is 5.10 Å². The first-order valence-electron chi connectivity index (χ1n) is 10.2. The van der Waals surface area contributed by atoms with E-state index in [-0.39, 0.29) is 17.5 Å². The zero-order valence-corrected chi connectivity index (χ0v) is 18.6. The third-order valence-electron chi connectivity index (χ3n) is 5.86. The van der Waals surface area contributed by atoms with Crippen molar-refractivity contribution in [1.82, 2.24) is 29.7 Å². The number of aryl methyl sites for hydroxylation is 4. The first-order chi connectivity index (χ1) is 14.7. The van der Waals surface area contributed by atoms with Crippen molar-refractivity contribution in [1.29, 1.82) is 0 Å². The number of aromatic nitrogens is 5. The van der Waals surface area contributed by atoms with Crippen molar-refractivity contribution in [2.75, 3.05) is 0 Å². The molecule has 3 heterocycles. The molecule has 1 aromatic carbocycles. The lowest BCUT2D eigenvalue weighted by Crippen LogP contribution is -2.27. The summed E-state index contributed by atoms with van der Waals surface area (Å²) < 4.78 is 3.27. The first-order valence-corrected chi connectivity index (χ1v) is 10.2. The molecule has 160 valence electrons. The fourth-order valence-corrected chi connectivity index (χ4v) is 3.92. The van der Waals surface area contributed by atoms with Gasteiger partial charge in [0.05, 0.1) is 17.3 Å². The lowest BCUT2D eigenvalue weighted by Gasteiger charge is -2.14. The second-order valence-corrected chi connectivity index (χ2v) is 8.06. The van der Waals surface area contributed by atoms with Gasteiger partial charge in [-0.3, -0.25) is 14.3 Å². The maximum Gasteiger partial charge on any atom is 0.275 e. The van der Waals surface area contributed by atoms with Gasteiger partial charge in [0.15, 0.2) is 5.82 Å². The van der Waals surface area contributed by atoms with Crippen molar-refractivity contribution in [3.05, 3.63) is 74.5 Å². The van der Waals surface area contributed by atoms with Gasteiger partial charge in [-0.05, 0) is 57.9 Å². The number of aromatic amines is 1. The van der Waals surface area contributed by atoms with E-state index in [9.17, 15) is 9.59 Å². The summed E-state index contributed by atoms with van der Waals surface area (Å²) >= 11 is 0. The Morgan fingerprint density at radius 1 is 1.10 bits per heavy atom. The van der Waals surface area contributed by atoms with Crippen LogP contribution in [0.5, 0.6) is 0 Å². The van der Waals surface area contributed by atoms with E-state index in [0.29, 0.717) is 16.9 Å². The van der Waals surface area contributed by atoms with Crippen LogP contribution in [-0.2, 0) is 7.05 Å². The van der Waals surface area contributed by atoms with E-state index in [1.807, 2.05) is 59.9 Å². The molecule has 1 amide bonds. The van der Waals surface area contributed by atoms with E-state index in [1.54, 1.807) is 16.9 Å². The highest BCUT2D eigenvalue weighted by atomic mass is 16.2. The Kier molecular flexibility index (Phi) is 5.00. The van der Waals surface area contributed by atoms with Crippen molar-refractivity contribution in [2.24, 2.45) is 7.05 Å². The minimum absolute atomic E-state index is 0.221. The molecule has 0 saturated carbocycles. The van der Waals surface area contributed by atoms with E-state index >= 15 is 0 Å². The summed E-state index contributed by atoms with van der Waals surface area (Å²) in [6.45, 7) is 9.87. The van der Waals surface area contributed by atoms with Crippen LogP contribution < -0.4 is 10.9 Å². The third kappa shape index (κ3) is 3.65. The van der Waals surface area contributed by atoms with Crippen molar-refractivity contribution < 1.29 is 4.79 Å². The zero-order chi connectivity index (χ0) is 22.4. The molecule has 0 aliphatic rings. The summed E-state index contributed by atoms with van der Waals surface area (Å²) in [5.74, 6) is 0.186. The van der Waals surface area contributed by atoms with Gasteiger partial charge >= 0.3 is 0 Å². The minimum Gasteiger partial charge on any atom is -0.345 e. The number of hydrogen-bond acceptors (Lipinski definition) is 4. The Balaban J connectivity index is 1.65. The Morgan fingerprint density at radius 3 is 2.48 bits per heavy atom. The van der Waals surface area contributed by atoms with E-state index in [2.05, 4.69) is 20.5 Å². The highest BCUT2D eigenvalue weighted by molar-refractivity contribution is 5.95. The third-order valence-corrected chi connectivity index (χ3v) is 5.86. The molecule has 0 radical (unpaired) electrons. The topological polar surface area (TPSA) is 97.1 Å². The molecule has 0 fully saturated rings. The quantitative estimate of drug-likeness (QED) is 0.532. The highest BCUT2D eigenvalue weighted by Crippen LogP contribution is 2.22. The molecule has 0 bridgehead atoms. The number of carbonyl (C=O) groups excluding carboxylic acids is 1. The molecule has 1 unspecified atom stereocenters. The lowest BCUT2D eigenvalue weighted by molar-refractivity contribution is 0.0940. The molecule has 31 heavy (non-hydrogen) atoms. The largest absolute Gasteiger partial charge is 0.345 e. The fourth-order valence-electron chi connectivity index (χ4n) is 3.92. The average molecular weight is 419 g/mol. The average Bonchev–Trinajstić information content (AvgIpc) is 3.25. The van der Waals surface area contributed by atoms with Crippen molar-refractivity contribution >= 4 is 11.4 Å². The van der Waals surface area contributed by atoms with Crippen LogP contribution >= 0.6 is 0 Å².